The number of carbonyl (C=O) groups excluding carboxylic acids is 1. The lowest BCUT2D eigenvalue weighted by Crippen LogP contribution is -2.58. The summed E-state index contributed by atoms with van der Waals surface area (Å²) >= 11 is 0. The molecule has 1 heterocycles. The van der Waals surface area contributed by atoms with Crippen molar-refractivity contribution < 1.29 is 9.53 Å². The number of ether oxygens (including phenoxy) is 1. The normalized spacial score (nSPS) is 20.9. The molecule has 0 aromatic carbocycles. The molecule has 0 aliphatic carbocycles. The first kappa shape index (κ1) is 17.4. The Bertz CT molecular complexity index is 303. The predicted molar refractivity (Wildman–Crippen MR) is 81.9 cm³/mol. The Labute approximate surface area is 123 Å². The van der Waals surface area contributed by atoms with Crippen LogP contribution in [0, 0.1) is 0 Å². The molecule has 118 valence electrons. The Hall–Kier alpha value is -0.650. The van der Waals surface area contributed by atoms with Gasteiger partial charge in [0.15, 0.2) is 0 Å². The molecule has 1 atom stereocenters. The lowest BCUT2D eigenvalue weighted by atomic mass is 9.98. The summed E-state index contributed by atoms with van der Waals surface area (Å²) in [5.41, 5.74) is -0.632. The van der Waals surface area contributed by atoms with Gasteiger partial charge in [0.1, 0.15) is 5.54 Å². The molecule has 0 amide bonds. The molecular formula is C15H31N3O2. The SMILES string of the molecule is CCOC(=O)C(C)(CN(C)C1CCN(CC)CC1)NC. The van der Waals surface area contributed by atoms with Gasteiger partial charge >= 0.3 is 5.97 Å². The third-order valence-corrected chi connectivity index (χ3v) is 4.47. The van der Waals surface area contributed by atoms with Gasteiger partial charge in [-0.25, -0.2) is 0 Å². The number of hydrogen-bond acceptors (Lipinski definition) is 5. The molecule has 0 spiro atoms. The molecule has 0 bridgehead atoms. The lowest BCUT2D eigenvalue weighted by molar-refractivity contribution is -0.151. The van der Waals surface area contributed by atoms with E-state index in [1.54, 1.807) is 0 Å². The van der Waals surface area contributed by atoms with Crippen molar-refractivity contribution in [1.82, 2.24) is 15.1 Å². The number of likely N-dealkylation sites (tertiary alicyclic amines) is 1. The van der Waals surface area contributed by atoms with Crippen molar-refractivity contribution in [3.05, 3.63) is 0 Å². The number of likely N-dealkylation sites (N-methyl/N-ethyl adjacent to an activating group) is 2. The van der Waals surface area contributed by atoms with Gasteiger partial charge in [-0.05, 0) is 60.4 Å². The quantitative estimate of drug-likeness (QED) is 0.706. The van der Waals surface area contributed by atoms with Gasteiger partial charge in [0.2, 0.25) is 0 Å². The van der Waals surface area contributed by atoms with Crippen LogP contribution in [0.3, 0.4) is 0 Å². The highest BCUT2D eigenvalue weighted by Crippen LogP contribution is 2.18. The van der Waals surface area contributed by atoms with E-state index >= 15 is 0 Å². The van der Waals surface area contributed by atoms with Gasteiger partial charge < -0.3 is 19.9 Å². The van der Waals surface area contributed by atoms with Crippen molar-refractivity contribution >= 4 is 5.97 Å². The second-order valence-corrected chi connectivity index (χ2v) is 5.88. The third kappa shape index (κ3) is 4.43. The second kappa shape index (κ2) is 7.96. The lowest BCUT2D eigenvalue weighted by Gasteiger charge is -2.39. The van der Waals surface area contributed by atoms with E-state index in [0.29, 0.717) is 19.2 Å². The Morgan fingerprint density at radius 3 is 2.45 bits per heavy atom. The molecule has 5 heteroatoms. The minimum Gasteiger partial charge on any atom is -0.465 e. The zero-order chi connectivity index (χ0) is 15.2. The maximum Gasteiger partial charge on any atom is 0.327 e. The van der Waals surface area contributed by atoms with E-state index in [9.17, 15) is 4.79 Å². The molecular weight excluding hydrogens is 254 g/mol. The van der Waals surface area contributed by atoms with Crippen LogP contribution in [-0.4, -0.2) is 74.2 Å². The summed E-state index contributed by atoms with van der Waals surface area (Å²) in [5, 5.41) is 3.13. The van der Waals surface area contributed by atoms with Crippen LogP contribution in [-0.2, 0) is 9.53 Å². The molecule has 0 aromatic rings. The average molecular weight is 285 g/mol. The first-order chi connectivity index (χ1) is 9.46. The third-order valence-electron chi connectivity index (χ3n) is 4.47. The highest BCUT2D eigenvalue weighted by Gasteiger charge is 2.36. The topological polar surface area (TPSA) is 44.8 Å². The molecule has 0 aromatic heterocycles. The Kier molecular flexibility index (Phi) is 6.92. The van der Waals surface area contributed by atoms with Crippen LogP contribution in [0.15, 0.2) is 0 Å². The van der Waals surface area contributed by atoms with Gasteiger partial charge in [-0.3, -0.25) is 4.79 Å². The summed E-state index contributed by atoms with van der Waals surface area (Å²) in [7, 11) is 3.94. The van der Waals surface area contributed by atoms with E-state index in [2.05, 4.69) is 29.1 Å². The number of nitrogens with one attached hydrogen (secondary N) is 1. The molecule has 1 aliphatic heterocycles. The zero-order valence-corrected chi connectivity index (χ0v) is 13.7. The molecule has 0 saturated carbocycles. The molecule has 1 N–H and O–H groups in total. The van der Waals surface area contributed by atoms with Crippen LogP contribution >= 0.6 is 0 Å². The number of hydrogen-bond donors (Lipinski definition) is 1. The first-order valence-electron chi connectivity index (χ1n) is 7.75. The highest BCUT2D eigenvalue weighted by atomic mass is 16.5. The maximum atomic E-state index is 12.1. The molecule has 1 aliphatic rings. The van der Waals surface area contributed by atoms with E-state index in [0.717, 1.165) is 19.6 Å². The first-order valence-corrected chi connectivity index (χ1v) is 7.75. The van der Waals surface area contributed by atoms with E-state index in [-0.39, 0.29) is 5.97 Å². The fourth-order valence-corrected chi connectivity index (χ4v) is 2.84. The molecule has 1 unspecified atom stereocenters. The maximum absolute atomic E-state index is 12.1. The van der Waals surface area contributed by atoms with Crippen molar-refractivity contribution in [3.63, 3.8) is 0 Å². The van der Waals surface area contributed by atoms with Crippen LogP contribution < -0.4 is 5.32 Å². The number of rotatable bonds is 7. The second-order valence-electron chi connectivity index (χ2n) is 5.88. The monoisotopic (exact) mass is 285 g/mol. The zero-order valence-electron chi connectivity index (χ0n) is 13.7. The number of piperidine rings is 1. The van der Waals surface area contributed by atoms with Gasteiger partial charge in [0.25, 0.3) is 0 Å². The Balaban J connectivity index is 2.55. The molecule has 1 saturated heterocycles. The molecule has 20 heavy (non-hydrogen) atoms. The van der Waals surface area contributed by atoms with Crippen LogP contribution in [0.1, 0.15) is 33.6 Å². The van der Waals surface area contributed by atoms with Gasteiger partial charge in [-0.2, -0.15) is 0 Å². The molecule has 1 rings (SSSR count). The van der Waals surface area contributed by atoms with Crippen LogP contribution in [0.2, 0.25) is 0 Å². The highest BCUT2D eigenvalue weighted by molar-refractivity contribution is 5.80. The minimum atomic E-state index is -0.632. The van der Waals surface area contributed by atoms with Crippen LogP contribution in [0.5, 0.6) is 0 Å². The van der Waals surface area contributed by atoms with E-state index < -0.39 is 5.54 Å². The largest absolute Gasteiger partial charge is 0.465 e. The summed E-state index contributed by atoms with van der Waals surface area (Å²) in [6.45, 7) is 10.5. The number of esters is 1. The van der Waals surface area contributed by atoms with E-state index in [1.165, 1.54) is 12.8 Å². The predicted octanol–water partition coefficient (Wildman–Crippen LogP) is 0.944. The van der Waals surface area contributed by atoms with Crippen molar-refractivity contribution in [2.24, 2.45) is 0 Å². The Morgan fingerprint density at radius 2 is 2.00 bits per heavy atom. The summed E-state index contributed by atoms with van der Waals surface area (Å²) in [6.07, 6.45) is 2.35. The van der Waals surface area contributed by atoms with Crippen molar-refractivity contribution in [3.8, 4) is 0 Å². The minimum absolute atomic E-state index is 0.166. The van der Waals surface area contributed by atoms with Gasteiger partial charge in [-0.15, -0.1) is 0 Å². The van der Waals surface area contributed by atoms with E-state index in [4.69, 9.17) is 4.74 Å². The van der Waals surface area contributed by atoms with Crippen molar-refractivity contribution in [2.75, 3.05) is 46.9 Å². The summed E-state index contributed by atoms with van der Waals surface area (Å²) < 4.78 is 5.18. The van der Waals surface area contributed by atoms with Gasteiger partial charge in [-0.1, -0.05) is 6.92 Å². The molecule has 0 radical (unpaired) electrons. The van der Waals surface area contributed by atoms with E-state index in [1.807, 2.05) is 20.9 Å². The number of nitrogens with zero attached hydrogens (tertiary/aromatic N) is 2. The summed E-state index contributed by atoms with van der Waals surface area (Å²) in [4.78, 5) is 16.9. The molecule has 1 fully saturated rings. The summed E-state index contributed by atoms with van der Waals surface area (Å²) in [5.74, 6) is -0.166. The fraction of sp³-hybridized carbons (Fsp3) is 0.933. The standard InChI is InChI=1S/C15H31N3O2/c1-6-18-10-8-13(9-11-18)17(5)12-15(3,16-4)14(19)20-7-2/h13,16H,6-12H2,1-5H3. The average Bonchev–Trinajstić information content (AvgIpc) is 2.47. The van der Waals surface area contributed by atoms with Crippen molar-refractivity contribution in [2.45, 2.75) is 45.2 Å². The summed E-state index contributed by atoms with van der Waals surface area (Å²) in [6, 6.07) is 0.555. The fourth-order valence-electron chi connectivity index (χ4n) is 2.84. The Morgan fingerprint density at radius 1 is 1.40 bits per heavy atom. The van der Waals surface area contributed by atoms with Gasteiger partial charge in [0, 0.05) is 12.6 Å². The van der Waals surface area contributed by atoms with Crippen LogP contribution in [0.25, 0.3) is 0 Å². The van der Waals surface area contributed by atoms with Gasteiger partial charge in [0.05, 0.1) is 6.61 Å². The van der Waals surface area contributed by atoms with Crippen molar-refractivity contribution in [1.29, 1.82) is 0 Å². The molecule has 5 nitrogen and oxygen atoms in total. The smallest absolute Gasteiger partial charge is 0.327 e. The van der Waals surface area contributed by atoms with Crippen LogP contribution in [0.4, 0.5) is 0 Å². The number of carbonyl (C=O) groups is 1.